The summed E-state index contributed by atoms with van der Waals surface area (Å²) < 4.78 is 16.8. The SMILES string of the molecule is COc1nccnc1OC1CCCN(C(=O)COc2ccc(C(C)C)cc2)C1. The number of benzene rings is 1. The van der Waals surface area contributed by atoms with E-state index in [9.17, 15) is 4.79 Å². The molecule has 2 heterocycles. The van der Waals surface area contributed by atoms with Crippen LogP contribution in [-0.2, 0) is 4.79 Å². The Balaban J connectivity index is 1.52. The van der Waals surface area contributed by atoms with Crippen molar-refractivity contribution in [2.24, 2.45) is 0 Å². The number of nitrogens with zero attached hydrogens (tertiary/aromatic N) is 3. The van der Waals surface area contributed by atoms with Crippen LogP contribution >= 0.6 is 0 Å². The van der Waals surface area contributed by atoms with Crippen LogP contribution in [0.3, 0.4) is 0 Å². The normalized spacial score (nSPS) is 16.7. The van der Waals surface area contributed by atoms with E-state index in [0.717, 1.165) is 12.8 Å². The molecule has 28 heavy (non-hydrogen) atoms. The number of carbonyl (C=O) groups is 1. The van der Waals surface area contributed by atoms with Crippen LogP contribution in [0.25, 0.3) is 0 Å². The topological polar surface area (TPSA) is 73.8 Å². The summed E-state index contributed by atoms with van der Waals surface area (Å²) in [5.74, 6) is 1.82. The van der Waals surface area contributed by atoms with Gasteiger partial charge in [-0.2, -0.15) is 0 Å². The monoisotopic (exact) mass is 385 g/mol. The highest BCUT2D eigenvalue weighted by molar-refractivity contribution is 5.77. The van der Waals surface area contributed by atoms with Gasteiger partial charge in [0.1, 0.15) is 11.9 Å². The molecule has 0 bridgehead atoms. The first kappa shape index (κ1) is 19.9. The van der Waals surface area contributed by atoms with E-state index in [4.69, 9.17) is 14.2 Å². The van der Waals surface area contributed by atoms with E-state index in [-0.39, 0.29) is 18.6 Å². The van der Waals surface area contributed by atoms with Crippen molar-refractivity contribution >= 4 is 5.91 Å². The van der Waals surface area contributed by atoms with Crippen molar-refractivity contribution in [3.63, 3.8) is 0 Å². The highest BCUT2D eigenvalue weighted by Gasteiger charge is 2.26. The van der Waals surface area contributed by atoms with Crippen molar-refractivity contribution in [1.29, 1.82) is 0 Å². The Labute approximate surface area is 165 Å². The van der Waals surface area contributed by atoms with Gasteiger partial charge in [0, 0.05) is 18.9 Å². The maximum Gasteiger partial charge on any atom is 0.278 e. The first-order chi connectivity index (χ1) is 13.6. The summed E-state index contributed by atoms with van der Waals surface area (Å²) in [6, 6.07) is 7.88. The van der Waals surface area contributed by atoms with Gasteiger partial charge in [-0.1, -0.05) is 26.0 Å². The Bertz CT molecular complexity index is 779. The van der Waals surface area contributed by atoms with Crippen LogP contribution in [0.2, 0.25) is 0 Å². The molecule has 2 aromatic rings. The van der Waals surface area contributed by atoms with Gasteiger partial charge in [-0.3, -0.25) is 4.79 Å². The number of rotatable bonds is 7. The highest BCUT2D eigenvalue weighted by atomic mass is 16.5. The Kier molecular flexibility index (Phi) is 6.68. The molecule has 1 aliphatic rings. The minimum atomic E-state index is -0.145. The van der Waals surface area contributed by atoms with Gasteiger partial charge in [0.15, 0.2) is 6.61 Å². The molecule has 7 nitrogen and oxygen atoms in total. The summed E-state index contributed by atoms with van der Waals surface area (Å²) in [6.07, 6.45) is 4.67. The van der Waals surface area contributed by atoms with Gasteiger partial charge in [-0.15, -0.1) is 0 Å². The fourth-order valence-electron chi connectivity index (χ4n) is 3.14. The number of methoxy groups -OCH3 is 1. The van der Waals surface area contributed by atoms with Crippen LogP contribution < -0.4 is 14.2 Å². The number of ether oxygens (including phenoxy) is 3. The molecule has 1 unspecified atom stereocenters. The maximum atomic E-state index is 12.6. The van der Waals surface area contributed by atoms with Crippen LogP contribution in [0.4, 0.5) is 0 Å². The lowest BCUT2D eigenvalue weighted by molar-refractivity contribution is -0.136. The van der Waals surface area contributed by atoms with E-state index in [2.05, 4.69) is 23.8 Å². The van der Waals surface area contributed by atoms with Crippen LogP contribution in [0.1, 0.15) is 38.2 Å². The van der Waals surface area contributed by atoms with E-state index in [1.165, 1.54) is 12.7 Å². The molecule has 1 aromatic carbocycles. The molecule has 1 fully saturated rings. The summed E-state index contributed by atoms with van der Waals surface area (Å²) in [5, 5.41) is 0. The third-order valence-corrected chi connectivity index (χ3v) is 4.74. The lowest BCUT2D eigenvalue weighted by atomic mass is 10.0. The molecule has 150 valence electrons. The molecular formula is C21H27N3O4. The minimum Gasteiger partial charge on any atom is -0.484 e. The summed E-state index contributed by atoms with van der Waals surface area (Å²) in [5.41, 5.74) is 1.24. The zero-order valence-electron chi connectivity index (χ0n) is 16.6. The first-order valence-corrected chi connectivity index (χ1v) is 9.59. The average Bonchev–Trinajstić information content (AvgIpc) is 2.73. The quantitative estimate of drug-likeness (QED) is 0.729. The van der Waals surface area contributed by atoms with Crippen LogP contribution in [0.15, 0.2) is 36.7 Å². The van der Waals surface area contributed by atoms with Gasteiger partial charge in [-0.25, -0.2) is 9.97 Å². The average molecular weight is 385 g/mol. The molecule has 0 radical (unpaired) electrons. The standard InChI is InChI=1S/C21H27N3O4/c1-15(2)16-6-8-17(9-7-16)27-14-19(25)24-12-4-5-18(13-24)28-21-20(26-3)22-10-11-23-21/h6-11,15,18H,4-5,12-14H2,1-3H3. The first-order valence-electron chi connectivity index (χ1n) is 9.59. The zero-order chi connectivity index (χ0) is 19.9. The molecule has 1 aliphatic heterocycles. The third kappa shape index (κ3) is 5.12. The lowest BCUT2D eigenvalue weighted by Gasteiger charge is -2.32. The summed E-state index contributed by atoms with van der Waals surface area (Å²) >= 11 is 0. The van der Waals surface area contributed by atoms with E-state index < -0.39 is 0 Å². The van der Waals surface area contributed by atoms with Crippen molar-refractivity contribution in [3.05, 3.63) is 42.2 Å². The van der Waals surface area contributed by atoms with Crippen molar-refractivity contribution in [2.75, 3.05) is 26.8 Å². The maximum absolute atomic E-state index is 12.6. The lowest BCUT2D eigenvalue weighted by Crippen LogP contribution is -2.46. The van der Waals surface area contributed by atoms with E-state index >= 15 is 0 Å². The number of hydrogen-bond donors (Lipinski definition) is 0. The van der Waals surface area contributed by atoms with Crippen LogP contribution in [0.5, 0.6) is 17.5 Å². The number of carbonyl (C=O) groups excluding carboxylic acids is 1. The Morgan fingerprint density at radius 2 is 1.89 bits per heavy atom. The molecule has 0 saturated carbocycles. The number of hydrogen-bond acceptors (Lipinski definition) is 6. The molecule has 0 spiro atoms. The van der Waals surface area contributed by atoms with Crippen molar-refractivity contribution < 1.29 is 19.0 Å². The van der Waals surface area contributed by atoms with Crippen molar-refractivity contribution in [3.8, 4) is 17.5 Å². The van der Waals surface area contributed by atoms with Gasteiger partial charge in [0.2, 0.25) is 0 Å². The van der Waals surface area contributed by atoms with E-state index in [1.807, 2.05) is 24.3 Å². The number of aromatic nitrogens is 2. The largest absolute Gasteiger partial charge is 0.484 e. The van der Waals surface area contributed by atoms with Crippen molar-refractivity contribution in [2.45, 2.75) is 38.7 Å². The second kappa shape index (κ2) is 9.39. The molecule has 0 aliphatic carbocycles. The second-order valence-corrected chi connectivity index (χ2v) is 7.11. The Hall–Kier alpha value is -2.83. The van der Waals surface area contributed by atoms with Crippen LogP contribution in [-0.4, -0.2) is 53.7 Å². The number of amides is 1. The molecule has 1 aromatic heterocycles. The van der Waals surface area contributed by atoms with Gasteiger partial charge >= 0.3 is 0 Å². The Morgan fingerprint density at radius 3 is 2.57 bits per heavy atom. The fourth-order valence-corrected chi connectivity index (χ4v) is 3.14. The molecule has 0 N–H and O–H groups in total. The van der Waals surface area contributed by atoms with Gasteiger partial charge in [0.25, 0.3) is 17.7 Å². The highest BCUT2D eigenvalue weighted by Crippen LogP contribution is 2.24. The molecule has 3 rings (SSSR count). The Morgan fingerprint density at radius 1 is 1.18 bits per heavy atom. The zero-order valence-corrected chi connectivity index (χ0v) is 16.6. The van der Waals surface area contributed by atoms with Crippen molar-refractivity contribution in [1.82, 2.24) is 14.9 Å². The van der Waals surface area contributed by atoms with Gasteiger partial charge in [-0.05, 0) is 36.5 Å². The summed E-state index contributed by atoms with van der Waals surface area (Å²) in [4.78, 5) is 22.6. The third-order valence-electron chi connectivity index (χ3n) is 4.74. The summed E-state index contributed by atoms with van der Waals surface area (Å²) in [7, 11) is 1.53. The van der Waals surface area contributed by atoms with Crippen LogP contribution in [0, 0.1) is 0 Å². The predicted molar refractivity (Wildman–Crippen MR) is 105 cm³/mol. The minimum absolute atomic E-state index is 0.0161. The second-order valence-electron chi connectivity index (χ2n) is 7.11. The predicted octanol–water partition coefficient (Wildman–Crippen LogP) is 3.06. The number of piperidine rings is 1. The fraction of sp³-hybridized carbons (Fsp3) is 0.476. The molecule has 1 saturated heterocycles. The van der Waals surface area contributed by atoms with Gasteiger partial charge in [0.05, 0.1) is 13.7 Å². The van der Waals surface area contributed by atoms with E-state index in [0.29, 0.717) is 36.5 Å². The summed E-state index contributed by atoms with van der Waals surface area (Å²) in [6.45, 7) is 5.50. The molecule has 7 heteroatoms. The smallest absolute Gasteiger partial charge is 0.278 e. The van der Waals surface area contributed by atoms with E-state index in [1.54, 1.807) is 17.3 Å². The number of likely N-dealkylation sites (tertiary alicyclic amines) is 1. The van der Waals surface area contributed by atoms with Gasteiger partial charge < -0.3 is 19.1 Å². The molecule has 1 amide bonds. The molecule has 1 atom stereocenters. The molecular weight excluding hydrogens is 358 g/mol.